The van der Waals surface area contributed by atoms with E-state index in [0.717, 1.165) is 19.0 Å². The highest BCUT2D eigenvalue weighted by Crippen LogP contribution is 2.39. The van der Waals surface area contributed by atoms with Crippen LogP contribution in [-0.4, -0.2) is 25.7 Å². The second-order valence-electron chi connectivity index (χ2n) is 4.37. The van der Waals surface area contributed by atoms with Crippen molar-refractivity contribution in [1.82, 2.24) is 5.32 Å². The zero-order chi connectivity index (χ0) is 9.97. The monoisotopic (exact) mass is 197 g/mol. The summed E-state index contributed by atoms with van der Waals surface area (Å²) in [5, 5.41) is 3.31. The summed E-state index contributed by atoms with van der Waals surface area (Å²) in [5.41, 5.74) is 0. The van der Waals surface area contributed by atoms with E-state index in [1.54, 1.807) is 0 Å². The number of ether oxygens (including phenoxy) is 1. The summed E-state index contributed by atoms with van der Waals surface area (Å²) in [6, 6.07) is 0. The van der Waals surface area contributed by atoms with Gasteiger partial charge in [0.05, 0.1) is 12.5 Å². The summed E-state index contributed by atoms with van der Waals surface area (Å²) in [6.07, 6.45) is 3.96. The molecule has 2 fully saturated rings. The highest BCUT2D eigenvalue weighted by atomic mass is 16.5. The van der Waals surface area contributed by atoms with Crippen LogP contribution in [0.4, 0.5) is 0 Å². The van der Waals surface area contributed by atoms with E-state index in [2.05, 4.69) is 5.32 Å². The van der Waals surface area contributed by atoms with Crippen molar-refractivity contribution >= 4 is 5.97 Å². The van der Waals surface area contributed by atoms with Crippen LogP contribution in [0, 0.1) is 17.8 Å². The molecular weight excluding hydrogens is 178 g/mol. The van der Waals surface area contributed by atoms with E-state index in [1.165, 1.54) is 19.3 Å². The predicted octanol–water partition coefficient (Wildman–Crippen LogP) is 1.19. The summed E-state index contributed by atoms with van der Waals surface area (Å²) in [4.78, 5) is 11.6. The molecule has 0 amide bonds. The van der Waals surface area contributed by atoms with Crippen LogP contribution in [0.15, 0.2) is 0 Å². The molecule has 3 heteroatoms. The Bertz CT molecular complexity index is 213. The minimum atomic E-state index is 0.00870. The van der Waals surface area contributed by atoms with Crippen molar-refractivity contribution in [1.29, 1.82) is 0 Å². The summed E-state index contributed by atoms with van der Waals surface area (Å²) >= 11 is 0. The summed E-state index contributed by atoms with van der Waals surface area (Å²) in [5.74, 6) is 1.46. The van der Waals surface area contributed by atoms with Gasteiger partial charge in [0.25, 0.3) is 0 Å². The van der Waals surface area contributed by atoms with E-state index in [0.29, 0.717) is 12.5 Å². The molecule has 1 heterocycles. The van der Waals surface area contributed by atoms with Crippen molar-refractivity contribution in [2.45, 2.75) is 26.2 Å². The van der Waals surface area contributed by atoms with Gasteiger partial charge in [-0.1, -0.05) is 19.3 Å². The molecule has 2 aliphatic rings. The van der Waals surface area contributed by atoms with Gasteiger partial charge in [-0.15, -0.1) is 0 Å². The first kappa shape index (κ1) is 9.97. The maximum atomic E-state index is 11.6. The minimum absolute atomic E-state index is 0.00870. The third kappa shape index (κ3) is 1.78. The molecule has 3 nitrogen and oxygen atoms in total. The molecule has 0 aromatic rings. The van der Waals surface area contributed by atoms with Gasteiger partial charge in [0.1, 0.15) is 0 Å². The average molecular weight is 197 g/mol. The van der Waals surface area contributed by atoms with Gasteiger partial charge in [0.15, 0.2) is 0 Å². The van der Waals surface area contributed by atoms with Crippen molar-refractivity contribution in [3.05, 3.63) is 0 Å². The van der Waals surface area contributed by atoms with Crippen molar-refractivity contribution < 1.29 is 9.53 Å². The molecule has 1 N–H and O–H groups in total. The lowest BCUT2D eigenvalue weighted by molar-refractivity contribution is -0.149. The summed E-state index contributed by atoms with van der Waals surface area (Å²) < 4.78 is 5.10. The van der Waals surface area contributed by atoms with Crippen LogP contribution in [0.3, 0.4) is 0 Å². The Morgan fingerprint density at radius 3 is 2.79 bits per heavy atom. The predicted molar refractivity (Wildman–Crippen MR) is 53.8 cm³/mol. The lowest BCUT2D eigenvalue weighted by Gasteiger charge is -2.33. The van der Waals surface area contributed by atoms with Crippen LogP contribution in [0.1, 0.15) is 26.2 Å². The lowest BCUT2D eigenvalue weighted by atomic mass is 9.72. The summed E-state index contributed by atoms with van der Waals surface area (Å²) in [7, 11) is 0. The van der Waals surface area contributed by atoms with Crippen molar-refractivity contribution in [3.63, 3.8) is 0 Å². The van der Waals surface area contributed by atoms with E-state index < -0.39 is 0 Å². The molecule has 1 saturated carbocycles. The zero-order valence-corrected chi connectivity index (χ0v) is 8.79. The van der Waals surface area contributed by atoms with E-state index in [4.69, 9.17) is 4.74 Å². The average Bonchev–Trinajstić information content (AvgIpc) is 2.50. The molecule has 1 saturated heterocycles. The first-order chi connectivity index (χ1) is 6.83. The fourth-order valence-electron chi connectivity index (χ4n) is 2.57. The molecule has 14 heavy (non-hydrogen) atoms. The third-order valence-electron chi connectivity index (χ3n) is 3.61. The highest BCUT2D eigenvalue weighted by molar-refractivity contribution is 5.73. The number of rotatable bonds is 3. The molecule has 0 spiro atoms. The highest BCUT2D eigenvalue weighted by Gasteiger charge is 2.40. The lowest BCUT2D eigenvalue weighted by Crippen LogP contribution is -2.33. The Balaban J connectivity index is 1.92. The second-order valence-corrected chi connectivity index (χ2v) is 4.37. The quantitative estimate of drug-likeness (QED) is 0.691. The SMILES string of the molecule is CCOC(=O)C1CNCC1C1CCC1. The number of carbonyl (C=O) groups is 1. The van der Waals surface area contributed by atoms with Gasteiger partial charge in [-0.2, -0.15) is 0 Å². The molecule has 1 aliphatic heterocycles. The Morgan fingerprint density at radius 2 is 2.21 bits per heavy atom. The van der Waals surface area contributed by atoms with Crippen LogP contribution in [-0.2, 0) is 9.53 Å². The third-order valence-corrected chi connectivity index (χ3v) is 3.61. The summed E-state index contributed by atoms with van der Waals surface area (Å²) in [6.45, 7) is 4.21. The van der Waals surface area contributed by atoms with Crippen LogP contribution in [0.5, 0.6) is 0 Å². The topological polar surface area (TPSA) is 38.3 Å². The Morgan fingerprint density at radius 1 is 1.43 bits per heavy atom. The first-order valence-electron chi connectivity index (χ1n) is 5.70. The Kier molecular flexibility index (Phi) is 3.06. The number of carbonyl (C=O) groups excluding carboxylic acids is 1. The van der Waals surface area contributed by atoms with Gasteiger partial charge in [-0.25, -0.2) is 0 Å². The fourth-order valence-corrected chi connectivity index (χ4v) is 2.57. The number of hydrogen-bond donors (Lipinski definition) is 1. The van der Waals surface area contributed by atoms with Gasteiger partial charge in [-0.05, 0) is 25.3 Å². The molecule has 1 aliphatic carbocycles. The molecule has 0 bridgehead atoms. The molecule has 80 valence electrons. The molecule has 0 aromatic carbocycles. The largest absolute Gasteiger partial charge is 0.466 e. The Labute approximate surface area is 85.2 Å². The van der Waals surface area contributed by atoms with E-state index in [9.17, 15) is 4.79 Å². The second kappa shape index (κ2) is 4.30. The number of esters is 1. The normalized spacial score (nSPS) is 32.6. The maximum Gasteiger partial charge on any atom is 0.310 e. The number of hydrogen-bond acceptors (Lipinski definition) is 3. The van der Waals surface area contributed by atoms with E-state index in [1.807, 2.05) is 6.92 Å². The molecule has 0 aromatic heterocycles. The number of nitrogens with one attached hydrogen (secondary N) is 1. The fraction of sp³-hybridized carbons (Fsp3) is 0.909. The van der Waals surface area contributed by atoms with Gasteiger partial charge in [0.2, 0.25) is 0 Å². The van der Waals surface area contributed by atoms with Crippen LogP contribution in [0.2, 0.25) is 0 Å². The standard InChI is InChI=1S/C11H19NO2/c1-2-14-11(13)10-7-12-6-9(10)8-4-3-5-8/h8-10,12H,2-7H2,1H3. The van der Waals surface area contributed by atoms with Crippen molar-refractivity contribution in [2.75, 3.05) is 19.7 Å². The van der Waals surface area contributed by atoms with Gasteiger partial charge >= 0.3 is 5.97 Å². The molecular formula is C11H19NO2. The van der Waals surface area contributed by atoms with Gasteiger partial charge in [-0.3, -0.25) is 4.79 Å². The molecule has 2 atom stereocenters. The maximum absolute atomic E-state index is 11.6. The van der Waals surface area contributed by atoms with Crippen molar-refractivity contribution in [2.24, 2.45) is 17.8 Å². The smallest absolute Gasteiger partial charge is 0.310 e. The molecule has 2 unspecified atom stereocenters. The first-order valence-corrected chi connectivity index (χ1v) is 5.70. The van der Waals surface area contributed by atoms with Gasteiger partial charge < -0.3 is 10.1 Å². The Hall–Kier alpha value is -0.570. The van der Waals surface area contributed by atoms with E-state index >= 15 is 0 Å². The van der Waals surface area contributed by atoms with Crippen molar-refractivity contribution in [3.8, 4) is 0 Å². The van der Waals surface area contributed by atoms with Gasteiger partial charge in [0, 0.05) is 6.54 Å². The molecule has 2 rings (SSSR count). The van der Waals surface area contributed by atoms with E-state index in [-0.39, 0.29) is 11.9 Å². The molecule has 0 radical (unpaired) electrons. The van der Waals surface area contributed by atoms with Crippen LogP contribution < -0.4 is 5.32 Å². The van der Waals surface area contributed by atoms with Crippen LogP contribution >= 0.6 is 0 Å². The minimum Gasteiger partial charge on any atom is -0.466 e. The zero-order valence-electron chi connectivity index (χ0n) is 8.79. The van der Waals surface area contributed by atoms with Crippen LogP contribution in [0.25, 0.3) is 0 Å².